The van der Waals surface area contributed by atoms with E-state index in [2.05, 4.69) is 0 Å². The monoisotopic (exact) mass is 168 g/mol. The minimum atomic E-state index is -1.59. The third-order valence-electron chi connectivity index (χ3n) is 0.845. The summed E-state index contributed by atoms with van der Waals surface area (Å²) >= 11 is 0. The molecular weight excluding hydrogens is 155 g/mol. The van der Waals surface area contributed by atoms with Gasteiger partial charge in [0, 0.05) is 14.2 Å². The van der Waals surface area contributed by atoms with Gasteiger partial charge in [0.1, 0.15) is 0 Å². The molecule has 0 amide bonds. The molecule has 0 aromatic carbocycles. The Labute approximate surface area is 62.0 Å². The van der Waals surface area contributed by atoms with Gasteiger partial charge in [-0.05, 0) is 6.92 Å². The van der Waals surface area contributed by atoms with Gasteiger partial charge in [0.15, 0.2) is 0 Å². The van der Waals surface area contributed by atoms with Crippen molar-refractivity contribution in [3.63, 3.8) is 0 Å². The fourth-order valence-electron chi connectivity index (χ4n) is 0.470. The second-order valence-electron chi connectivity index (χ2n) is 1.50. The summed E-state index contributed by atoms with van der Waals surface area (Å²) in [5.74, 6) is 0. The highest BCUT2D eigenvalue weighted by Crippen LogP contribution is 2.37. The molecular formula is C5H13O4P. The van der Waals surface area contributed by atoms with E-state index in [-0.39, 0.29) is 0 Å². The molecule has 1 unspecified atom stereocenters. The zero-order valence-electron chi connectivity index (χ0n) is 6.40. The van der Waals surface area contributed by atoms with Crippen LogP contribution in [0, 0.1) is 0 Å². The van der Waals surface area contributed by atoms with E-state index >= 15 is 0 Å². The second kappa shape index (κ2) is 6.01. The largest absolute Gasteiger partial charge is 0.348 e. The Balaban J connectivity index is 3.53. The topological polar surface area (TPSA) is 47.9 Å². The van der Waals surface area contributed by atoms with Crippen LogP contribution in [0.1, 0.15) is 6.92 Å². The molecule has 0 aliphatic heterocycles. The molecule has 5 heteroatoms. The summed E-state index contributed by atoms with van der Waals surface area (Å²) in [6, 6.07) is -0.630. The quantitative estimate of drug-likeness (QED) is 0.489. The fourth-order valence-corrected chi connectivity index (χ4v) is 1.22. The Morgan fingerprint density at radius 2 is 1.90 bits per heavy atom. The minimum absolute atomic E-state index is 0.464. The van der Waals surface area contributed by atoms with Crippen LogP contribution in [0.2, 0.25) is 0 Å². The minimum Gasteiger partial charge on any atom is -0.348 e. The van der Waals surface area contributed by atoms with E-state index < -0.39 is 14.4 Å². The van der Waals surface area contributed by atoms with Crippen LogP contribution in [-0.2, 0) is 14.0 Å². The van der Waals surface area contributed by atoms with Crippen LogP contribution >= 0.6 is 8.38 Å². The molecule has 0 aromatic rings. The molecule has 0 spiro atoms. The van der Waals surface area contributed by atoms with Gasteiger partial charge in [0.05, 0.1) is 6.61 Å². The van der Waals surface area contributed by atoms with Gasteiger partial charge in [0.2, 0.25) is 14.4 Å². The Morgan fingerprint density at radius 1 is 1.40 bits per heavy atom. The lowest BCUT2D eigenvalue weighted by molar-refractivity contribution is -0.0522. The molecule has 4 nitrogen and oxygen atoms in total. The fraction of sp³-hybridized carbons (Fsp3) is 1.00. The van der Waals surface area contributed by atoms with Crippen molar-refractivity contribution in [3.8, 4) is 0 Å². The van der Waals surface area contributed by atoms with Gasteiger partial charge >= 0.3 is 0 Å². The van der Waals surface area contributed by atoms with Crippen LogP contribution in [0.25, 0.3) is 0 Å². The van der Waals surface area contributed by atoms with Crippen molar-refractivity contribution in [1.82, 2.24) is 0 Å². The molecule has 0 radical (unpaired) electrons. The molecule has 1 atom stereocenters. The smallest absolute Gasteiger partial charge is 0.228 e. The summed E-state index contributed by atoms with van der Waals surface area (Å²) < 4.78 is 14.3. The summed E-state index contributed by atoms with van der Waals surface area (Å²) in [7, 11) is 1.33. The van der Waals surface area contributed by atoms with Crippen molar-refractivity contribution in [1.29, 1.82) is 0 Å². The molecule has 10 heavy (non-hydrogen) atoms. The van der Waals surface area contributed by atoms with Crippen molar-refractivity contribution >= 4 is 8.38 Å². The van der Waals surface area contributed by atoms with E-state index in [1.807, 2.05) is 0 Å². The molecule has 0 saturated carbocycles. The Hall–Kier alpha value is 0.270. The third-order valence-corrected chi connectivity index (χ3v) is 2.15. The SMILES string of the molecule is CCOP(O)C(OC)OC. The first-order chi connectivity index (χ1) is 4.76. The number of hydrogen-bond acceptors (Lipinski definition) is 4. The summed E-state index contributed by atoms with van der Waals surface area (Å²) in [4.78, 5) is 9.10. The van der Waals surface area contributed by atoms with Crippen LogP contribution in [0.4, 0.5) is 0 Å². The molecule has 0 aliphatic carbocycles. The van der Waals surface area contributed by atoms with Crippen LogP contribution in [-0.4, -0.2) is 31.8 Å². The maximum Gasteiger partial charge on any atom is 0.228 e. The molecule has 0 saturated heterocycles. The van der Waals surface area contributed by atoms with E-state index in [0.29, 0.717) is 6.61 Å². The molecule has 1 N–H and O–H groups in total. The predicted octanol–water partition coefficient (Wildman–Crippen LogP) is 0.903. The van der Waals surface area contributed by atoms with Gasteiger partial charge in [-0.3, -0.25) is 0 Å². The van der Waals surface area contributed by atoms with Crippen LogP contribution in [0.5, 0.6) is 0 Å². The van der Waals surface area contributed by atoms with E-state index in [1.54, 1.807) is 6.92 Å². The van der Waals surface area contributed by atoms with Gasteiger partial charge in [-0.1, -0.05) is 0 Å². The van der Waals surface area contributed by atoms with E-state index in [0.717, 1.165) is 0 Å². The summed E-state index contributed by atoms with van der Waals surface area (Å²) in [5.41, 5.74) is 0. The van der Waals surface area contributed by atoms with Gasteiger partial charge < -0.3 is 18.9 Å². The summed E-state index contributed by atoms with van der Waals surface area (Å²) in [6.45, 7) is 2.26. The molecule has 0 aliphatic rings. The number of hydrogen-bond donors (Lipinski definition) is 1. The van der Waals surface area contributed by atoms with Crippen molar-refractivity contribution in [3.05, 3.63) is 0 Å². The average Bonchev–Trinajstić information content (AvgIpc) is 1.91. The lowest BCUT2D eigenvalue weighted by Gasteiger charge is -2.17. The first-order valence-electron chi connectivity index (χ1n) is 2.92. The van der Waals surface area contributed by atoms with Gasteiger partial charge in [-0.15, -0.1) is 0 Å². The molecule has 0 aromatic heterocycles. The van der Waals surface area contributed by atoms with Crippen molar-refractivity contribution in [2.75, 3.05) is 20.8 Å². The molecule has 0 heterocycles. The number of ether oxygens (including phenoxy) is 2. The van der Waals surface area contributed by atoms with Crippen molar-refractivity contribution in [2.45, 2.75) is 13.0 Å². The lowest BCUT2D eigenvalue weighted by Crippen LogP contribution is -2.11. The van der Waals surface area contributed by atoms with Crippen molar-refractivity contribution in [2.24, 2.45) is 0 Å². The summed E-state index contributed by atoms with van der Waals surface area (Å²) in [5, 5.41) is 0. The maximum atomic E-state index is 9.10. The van der Waals surface area contributed by atoms with Gasteiger partial charge in [0.25, 0.3) is 0 Å². The average molecular weight is 168 g/mol. The zero-order valence-corrected chi connectivity index (χ0v) is 7.30. The maximum absolute atomic E-state index is 9.10. The van der Waals surface area contributed by atoms with Crippen LogP contribution in [0.3, 0.4) is 0 Å². The highest BCUT2D eigenvalue weighted by Gasteiger charge is 2.18. The first-order valence-corrected chi connectivity index (χ1v) is 4.21. The molecule has 0 bridgehead atoms. The molecule has 62 valence electrons. The number of rotatable bonds is 5. The summed E-state index contributed by atoms with van der Waals surface area (Å²) in [6.07, 6.45) is 0. The standard InChI is InChI=1S/C5H13O4P/c1-4-9-10(6)5(7-2)8-3/h5-6H,4H2,1-3H3. The Bertz CT molecular complexity index is 76.0. The molecule has 0 rings (SSSR count). The highest BCUT2D eigenvalue weighted by atomic mass is 31.2. The number of methoxy groups -OCH3 is 2. The van der Waals surface area contributed by atoms with Gasteiger partial charge in [-0.2, -0.15) is 0 Å². The Morgan fingerprint density at radius 3 is 2.20 bits per heavy atom. The normalized spacial score (nSPS) is 14.1. The third kappa shape index (κ3) is 3.44. The van der Waals surface area contributed by atoms with E-state index in [1.165, 1.54) is 14.2 Å². The highest BCUT2D eigenvalue weighted by molar-refractivity contribution is 7.46. The van der Waals surface area contributed by atoms with E-state index in [9.17, 15) is 0 Å². The lowest BCUT2D eigenvalue weighted by atomic mass is 10.9. The molecule has 0 fully saturated rings. The second-order valence-corrected chi connectivity index (χ2v) is 2.78. The van der Waals surface area contributed by atoms with Crippen LogP contribution < -0.4 is 0 Å². The first kappa shape index (κ1) is 10.3. The van der Waals surface area contributed by atoms with Gasteiger partial charge in [-0.25, -0.2) is 0 Å². The zero-order chi connectivity index (χ0) is 7.98. The van der Waals surface area contributed by atoms with Crippen molar-refractivity contribution < 1.29 is 18.9 Å². The van der Waals surface area contributed by atoms with E-state index in [4.69, 9.17) is 18.9 Å². The Kier molecular flexibility index (Phi) is 6.17. The van der Waals surface area contributed by atoms with Crippen LogP contribution in [0.15, 0.2) is 0 Å². The predicted molar refractivity (Wildman–Crippen MR) is 38.6 cm³/mol.